The molecule has 1 N–H and O–H groups in total. The molecule has 3 aliphatic heterocycles. The SMILES string of the molecule is CC1CCCN(Cc2ccccc2CNC(=O)C2=CN3CCS(=O)(=O)N=C3C=C2)C1. The van der Waals surface area contributed by atoms with Crippen LogP contribution in [0.4, 0.5) is 0 Å². The van der Waals surface area contributed by atoms with Gasteiger partial charge in [0.2, 0.25) is 0 Å². The number of carbonyl (C=O) groups excluding carboxylic acids is 1. The lowest BCUT2D eigenvalue weighted by atomic mass is 9.99. The number of hydrogen-bond acceptors (Lipinski definition) is 5. The van der Waals surface area contributed by atoms with Gasteiger partial charge in [0.25, 0.3) is 15.9 Å². The van der Waals surface area contributed by atoms with Crippen LogP contribution in [0.1, 0.15) is 30.9 Å². The van der Waals surface area contributed by atoms with Crippen molar-refractivity contribution in [2.75, 3.05) is 25.4 Å². The van der Waals surface area contributed by atoms with E-state index in [1.807, 2.05) is 12.1 Å². The van der Waals surface area contributed by atoms with Crippen LogP contribution < -0.4 is 5.32 Å². The number of amides is 1. The van der Waals surface area contributed by atoms with Crippen molar-refractivity contribution < 1.29 is 13.2 Å². The predicted octanol–water partition coefficient (Wildman–Crippen LogP) is 2.03. The molecule has 8 heteroatoms. The Balaban J connectivity index is 1.39. The van der Waals surface area contributed by atoms with Gasteiger partial charge in [-0.25, -0.2) is 8.42 Å². The average Bonchev–Trinajstić information content (AvgIpc) is 2.72. The molecule has 1 fully saturated rings. The minimum Gasteiger partial charge on any atom is -0.348 e. The maximum atomic E-state index is 12.7. The molecule has 30 heavy (non-hydrogen) atoms. The lowest BCUT2D eigenvalue weighted by molar-refractivity contribution is -0.117. The second kappa shape index (κ2) is 8.73. The Bertz CT molecular complexity index is 1010. The second-order valence-electron chi connectivity index (χ2n) is 8.28. The maximum absolute atomic E-state index is 12.7. The number of likely N-dealkylation sites (tertiary alicyclic amines) is 1. The number of hydrogen-bond donors (Lipinski definition) is 1. The van der Waals surface area contributed by atoms with E-state index in [1.165, 1.54) is 18.4 Å². The highest BCUT2D eigenvalue weighted by Gasteiger charge is 2.25. The fraction of sp³-hybridized carbons (Fsp3) is 0.455. The lowest BCUT2D eigenvalue weighted by Crippen LogP contribution is -2.38. The summed E-state index contributed by atoms with van der Waals surface area (Å²) in [4.78, 5) is 16.9. The zero-order valence-corrected chi connectivity index (χ0v) is 18.1. The van der Waals surface area contributed by atoms with E-state index in [9.17, 15) is 13.2 Å². The van der Waals surface area contributed by atoms with Crippen molar-refractivity contribution in [2.24, 2.45) is 10.3 Å². The second-order valence-corrected chi connectivity index (χ2v) is 10.0. The van der Waals surface area contributed by atoms with Crippen molar-refractivity contribution in [1.82, 2.24) is 15.1 Å². The van der Waals surface area contributed by atoms with Crippen molar-refractivity contribution in [2.45, 2.75) is 32.9 Å². The van der Waals surface area contributed by atoms with Crippen LogP contribution in [0.3, 0.4) is 0 Å². The van der Waals surface area contributed by atoms with Gasteiger partial charge in [0.15, 0.2) is 0 Å². The molecule has 1 aromatic carbocycles. The van der Waals surface area contributed by atoms with E-state index in [0.29, 0.717) is 24.5 Å². The number of rotatable bonds is 5. The summed E-state index contributed by atoms with van der Waals surface area (Å²) in [5.74, 6) is 0.867. The summed E-state index contributed by atoms with van der Waals surface area (Å²) in [6.45, 7) is 6.21. The number of carbonyl (C=O) groups is 1. The molecule has 1 atom stereocenters. The number of benzene rings is 1. The van der Waals surface area contributed by atoms with Gasteiger partial charge < -0.3 is 10.2 Å². The van der Waals surface area contributed by atoms with Crippen LogP contribution in [0.5, 0.6) is 0 Å². The first-order chi connectivity index (χ1) is 14.4. The number of sulfonamides is 1. The van der Waals surface area contributed by atoms with Crippen LogP contribution in [0.2, 0.25) is 0 Å². The lowest BCUT2D eigenvalue weighted by Gasteiger charge is -2.31. The third-order valence-electron chi connectivity index (χ3n) is 5.78. The van der Waals surface area contributed by atoms with Crippen LogP contribution in [0.15, 0.2) is 52.6 Å². The molecule has 0 radical (unpaired) electrons. The minimum absolute atomic E-state index is 0.0434. The molecule has 0 aromatic heterocycles. The topological polar surface area (TPSA) is 82.1 Å². The summed E-state index contributed by atoms with van der Waals surface area (Å²) >= 11 is 0. The molecule has 1 saturated heterocycles. The fourth-order valence-corrected chi connectivity index (χ4v) is 5.14. The van der Waals surface area contributed by atoms with Crippen LogP contribution >= 0.6 is 0 Å². The summed E-state index contributed by atoms with van der Waals surface area (Å²) in [5, 5.41) is 3.01. The third-order valence-corrected chi connectivity index (χ3v) is 6.94. The van der Waals surface area contributed by atoms with Crippen LogP contribution in [-0.2, 0) is 27.9 Å². The molecule has 1 aromatic rings. The van der Waals surface area contributed by atoms with Gasteiger partial charge in [0, 0.05) is 32.4 Å². The molecule has 7 nitrogen and oxygen atoms in total. The van der Waals surface area contributed by atoms with Gasteiger partial charge in [-0.05, 0) is 48.6 Å². The monoisotopic (exact) mass is 428 g/mol. The minimum atomic E-state index is -3.40. The van der Waals surface area contributed by atoms with Gasteiger partial charge in [-0.2, -0.15) is 0 Å². The summed E-state index contributed by atoms with van der Waals surface area (Å²) in [5.41, 5.74) is 2.86. The molecule has 3 heterocycles. The Hall–Kier alpha value is -2.45. The van der Waals surface area contributed by atoms with E-state index in [1.54, 1.807) is 23.3 Å². The van der Waals surface area contributed by atoms with Gasteiger partial charge in [-0.15, -0.1) is 4.40 Å². The van der Waals surface area contributed by atoms with E-state index >= 15 is 0 Å². The number of fused-ring (bicyclic) bond motifs is 1. The molecule has 0 aliphatic carbocycles. The van der Waals surface area contributed by atoms with Crippen molar-refractivity contribution in [1.29, 1.82) is 0 Å². The fourth-order valence-electron chi connectivity index (χ4n) is 4.17. The standard InChI is InChI=1S/C22H28N4O3S/c1-17-5-4-10-25(14-17)15-19-7-3-2-6-18(19)13-23-22(27)20-8-9-21-24-30(28,29)12-11-26(21)16-20/h2-3,6-9,16-17H,4-5,10-15H2,1H3,(H,23,27). The van der Waals surface area contributed by atoms with Crippen molar-refractivity contribution in [3.63, 3.8) is 0 Å². The predicted molar refractivity (Wildman–Crippen MR) is 117 cm³/mol. The van der Waals surface area contributed by atoms with Crippen molar-refractivity contribution in [3.8, 4) is 0 Å². The van der Waals surface area contributed by atoms with E-state index < -0.39 is 10.0 Å². The molecule has 160 valence electrons. The quantitative estimate of drug-likeness (QED) is 0.776. The Morgan fingerprint density at radius 2 is 2.00 bits per heavy atom. The number of nitrogens with one attached hydrogen (secondary N) is 1. The average molecular weight is 429 g/mol. The summed E-state index contributed by atoms with van der Waals surface area (Å²) in [7, 11) is -3.40. The highest BCUT2D eigenvalue weighted by molar-refractivity contribution is 7.90. The molecule has 0 saturated carbocycles. The zero-order valence-electron chi connectivity index (χ0n) is 17.3. The van der Waals surface area contributed by atoms with Gasteiger partial charge in [0.05, 0.1) is 11.3 Å². The Morgan fingerprint density at radius 1 is 1.20 bits per heavy atom. The molecular formula is C22H28N4O3S. The van der Waals surface area contributed by atoms with E-state index in [4.69, 9.17) is 0 Å². The van der Waals surface area contributed by atoms with E-state index in [0.717, 1.165) is 31.1 Å². The number of nitrogens with zero attached hydrogens (tertiary/aromatic N) is 3. The molecule has 1 amide bonds. The van der Waals surface area contributed by atoms with E-state index in [2.05, 4.69) is 33.7 Å². The van der Waals surface area contributed by atoms with Crippen LogP contribution in [0, 0.1) is 5.92 Å². The molecule has 0 bridgehead atoms. The van der Waals surface area contributed by atoms with Crippen LogP contribution in [0.25, 0.3) is 0 Å². The Kier molecular flexibility index (Phi) is 6.06. The zero-order chi connectivity index (χ0) is 21.1. The largest absolute Gasteiger partial charge is 0.348 e. The summed E-state index contributed by atoms with van der Waals surface area (Å²) in [6.07, 6.45) is 7.41. The Labute approximate surface area is 178 Å². The van der Waals surface area contributed by atoms with Gasteiger partial charge in [-0.3, -0.25) is 9.69 Å². The highest BCUT2D eigenvalue weighted by atomic mass is 32.2. The van der Waals surface area contributed by atoms with Gasteiger partial charge >= 0.3 is 0 Å². The molecule has 0 spiro atoms. The molecular weight excluding hydrogens is 400 g/mol. The number of piperidine rings is 1. The van der Waals surface area contributed by atoms with Gasteiger partial charge in [0.1, 0.15) is 5.84 Å². The molecule has 3 aliphatic rings. The Morgan fingerprint density at radius 3 is 2.80 bits per heavy atom. The smallest absolute Gasteiger partial charge is 0.256 e. The number of amidine groups is 1. The summed E-state index contributed by atoms with van der Waals surface area (Å²) in [6, 6.07) is 8.25. The van der Waals surface area contributed by atoms with Crippen molar-refractivity contribution in [3.05, 3.63) is 59.3 Å². The molecule has 4 rings (SSSR count). The highest BCUT2D eigenvalue weighted by Crippen LogP contribution is 2.20. The normalized spacial score (nSPS) is 23.4. The molecule has 1 unspecified atom stereocenters. The first-order valence-electron chi connectivity index (χ1n) is 10.5. The summed E-state index contributed by atoms with van der Waals surface area (Å²) < 4.78 is 27.0. The third kappa shape index (κ3) is 4.99. The van der Waals surface area contributed by atoms with Crippen molar-refractivity contribution >= 4 is 21.8 Å². The first-order valence-corrected chi connectivity index (χ1v) is 12.1. The van der Waals surface area contributed by atoms with Gasteiger partial charge in [-0.1, -0.05) is 31.2 Å². The maximum Gasteiger partial charge on any atom is 0.256 e. The first kappa shape index (κ1) is 20.8. The van der Waals surface area contributed by atoms with E-state index in [-0.39, 0.29) is 11.7 Å². The van der Waals surface area contributed by atoms with Crippen LogP contribution in [-0.4, -0.2) is 55.3 Å².